The van der Waals surface area contributed by atoms with Crippen LogP contribution in [-0.2, 0) is 13.0 Å². The van der Waals surface area contributed by atoms with Crippen LogP contribution in [0.4, 0.5) is 5.82 Å². The zero-order chi connectivity index (χ0) is 13.9. The van der Waals surface area contributed by atoms with Gasteiger partial charge in [0.2, 0.25) is 0 Å². The lowest BCUT2D eigenvalue weighted by molar-refractivity contribution is 0.318. The number of aromatic nitrogens is 1. The molecule has 5 nitrogen and oxygen atoms in total. The van der Waals surface area contributed by atoms with Crippen molar-refractivity contribution in [2.75, 3.05) is 11.4 Å². The van der Waals surface area contributed by atoms with Gasteiger partial charge in [0.1, 0.15) is 5.82 Å². The molecular formula is C15H16N4O. The van der Waals surface area contributed by atoms with Crippen LogP contribution >= 0.6 is 0 Å². The van der Waals surface area contributed by atoms with E-state index >= 15 is 0 Å². The first-order valence-corrected chi connectivity index (χ1v) is 6.54. The normalized spacial score (nSPS) is 15.0. The molecule has 1 aromatic carbocycles. The van der Waals surface area contributed by atoms with E-state index in [0.717, 1.165) is 25.3 Å². The fraction of sp³-hybridized carbons (Fsp3) is 0.200. The summed E-state index contributed by atoms with van der Waals surface area (Å²) in [4.78, 5) is 6.56. The number of hydrogen-bond donors (Lipinski definition) is 2. The van der Waals surface area contributed by atoms with Crippen molar-refractivity contribution in [1.82, 2.24) is 4.98 Å². The molecule has 0 saturated carbocycles. The molecule has 1 aliphatic rings. The van der Waals surface area contributed by atoms with E-state index in [1.807, 2.05) is 12.1 Å². The highest BCUT2D eigenvalue weighted by Crippen LogP contribution is 2.25. The largest absolute Gasteiger partial charge is 0.409 e. The molecule has 3 N–H and O–H groups in total. The summed E-state index contributed by atoms with van der Waals surface area (Å²) in [7, 11) is 0. The second-order valence-corrected chi connectivity index (χ2v) is 4.80. The van der Waals surface area contributed by atoms with Gasteiger partial charge in [-0.1, -0.05) is 29.4 Å². The zero-order valence-electron chi connectivity index (χ0n) is 11.0. The zero-order valence-corrected chi connectivity index (χ0v) is 11.0. The van der Waals surface area contributed by atoms with E-state index in [1.165, 1.54) is 11.1 Å². The number of amidine groups is 1. The Kier molecular flexibility index (Phi) is 3.25. The first-order chi connectivity index (χ1) is 9.79. The van der Waals surface area contributed by atoms with Crippen molar-refractivity contribution in [2.45, 2.75) is 13.0 Å². The Labute approximate surface area is 117 Å². The van der Waals surface area contributed by atoms with Crippen LogP contribution in [-0.4, -0.2) is 22.6 Å². The molecular weight excluding hydrogens is 252 g/mol. The summed E-state index contributed by atoms with van der Waals surface area (Å²) >= 11 is 0. The summed E-state index contributed by atoms with van der Waals surface area (Å²) in [6.45, 7) is 1.67. The van der Waals surface area contributed by atoms with E-state index in [9.17, 15) is 0 Å². The van der Waals surface area contributed by atoms with Crippen LogP contribution in [0.3, 0.4) is 0 Å². The number of anilines is 1. The number of nitrogens with zero attached hydrogens (tertiary/aromatic N) is 3. The van der Waals surface area contributed by atoms with Crippen molar-refractivity contribution in [1.29, 1.82) is 0 Å². The number of oxime groups is 1. The Balaban J connectivity index is 1.96. The quantitative estimate of drug-likeness (QED) is 0.376. The Morgan fingerprint density at radius 2 is 2.00 bits per heavy atom. The average Bonchev–Trinajstić information content (AvgIpc) is 2.53. The van der Waals surface area contributed by atoms with Crippen molar-refractivity contribution < 1.29 is 5.21 Å². The van der Waals surface area contributed by atoms with E-state index < -0.39 is 0 Å². The van der Waals surface area contributed by atoms with Crippen LogP contribution in [0.25, 0.3) is 0 Å². The molecule has 2 heterocycles. The molecule has 1 aromatic heterocycles. The molecule has 0 saturated heterocycles. The minimum absolute atomic E-state index is 0.0898. The Morgan fingerprint density at radius 1 is 1.20 bits per heavy atom. The monoisotopic (exact) mass is 268 g/mol. The maximum absolute atomic E-state index is 8.89. The maximum Gasteiger partial charge on any atom is 0.173 e. The molecule has 3 rings (SSSR count). The van der Waals surface area contributed by atoms with Crippen LogP contribution < -0.4 is 10.6 Å². The predicted molar refractivity (Wildman–Crippen MR) is 77.9 cm³/mol. The summed E-state index contributed by atoms with van der Waals surface area (Å²) in [5, 5.41) is 12.0. The highest BCUT2D eigenvalue weighted by molar-refractivity contribution is 6.01. The second-order valence-electron chi connectivity index (χ2n) is 4.80. The van der Waals surface area contributed by atoms with Crippen molar-refractivity contribution in [3.63, 3.8) is 0 Å². The van der Waals surface area contributed by atoms with Gasteiger partial charge >= 0.3 is 0 Å². The smallest absolute Gasteiger partial charge is 0.173 e. The van der Waals surface area contributed by atoms with Crippen molar-refractivity contribution in [3.05, 3.63) is 59.3 Å². The van der Waals surface area contributed by atoms with Gasteiger partial charge in [-0.15, -0.1) is 0 Å². The van der Waals surface area contributed by atoms with Crippen molar-refractivity contribution >= 4 is 11.7 Å². The molecule has 1 aliphatic heterocycles. The van der Waals surface area contributed by atoms with Crippen LogP contribution in [0, 0.1) is 0 Å². The molecule has 0 aliphatic carbocycles. The molecule has 0 fully saturated rings. The molecule has 102 valence electrons. The number of hydrogen-bond acceptors (Lipinski definition) is 4. The second kappa shape index (κ2) is 5.21. The van der Waals surface area contributed by atoms with Crippen LogP contribution in [0.2, 0.25) is 0 Å². The van der Waals surface area contributed by atoms with Gasteiger partial charge in [-0.3, -0.25) is 0 Å². The lowest BCUT2D eigenvalue weighted by Crippen LogP contribution is -2.33. The number of rotatable bonds is 2. The predicted octanol–water partition coefficient (Wildman–Crippen LogP) is 1.74. The lowest BCUT2D eigenvalue weighted by atomic mass is 9.99. The van der Waals surface area contributed by atoms with E-state index in [-0.39, 0.29) is 5.84 Å². The molecule has 0 amide bonds. The molecule has 20 heavy (non-hydrogen) atoms. The summed E-state index contributed by atoms with van der Waals surface area (Å²) in [5.41, 5.74) is 9.07. The number of pyridine rings is 1. The standard InChI is InChI=1S/C15H16N4O/c16-14(18-20)13-6-3-8-17-15(13)19-9-7-11-4-1-2-5-12(11)10-19/h1-6,8,20H,7,9-10H2,(H2,16,18). The molecule has 0 atom stereocenters. The molecule has 0 bridgehead atoms. The van der Waals surface area contributed by atoms with Crippen molar-refractivity contribution in [3.8, 4) is 0 Å². The molecule has 0 radical (unpaired) electrons. The van der Waals surface area contributed by atoms with Crippen LogP contribution in [0.15, 0.2) is 47.8 Å². The third-order valence-electron chi connectivity index (χ3n) is 3.60. The number of nitrogens with two attached hydrogens (primary N) is 1. The fourth-order valence-electron chi connectivity index (χ4n) is 2.58. The van der Waals surface area contributed by atoms with E-state index in [0.29, 0.717) is 5.56 Å². The number of fused-ring (bicyclic) bond motifs is 1. The molecule has 2 aromatic rings. The SMILES string of the molecule is N/C(=N\O)c1cccnc1N1CCc2ccccc2C1. The summed E-state index contributed by atoms with van der Waals surface area (Å²) in [5.74, 6) is 0.851. The highest BCUT2D eigenvalue weighted by Gasteiger charge is 2.20. The minimum atomic E-state index is 0.0898. The van der Waals surface area contributed by atoms with Gasteiger partial charge in [0.05, 0.1) is 5.56 Å². The van der Waals surface area contributed by atoms with Gasteiger partial charge in [-0.25, -0.2) is 4.98 Å². The van der Waals surface area contributed by atoms with Crippen LogP contribution in [0.5, 0.6) is 0 Å². The van der Waals surface area contributed by atoms with Crippen LogP contribution in [0.1, 0.15) is 16.7 Å². The summed E-state index contributed by atoms with van der Waals surface area (Å²) < 4.78 is 0. The topological polar surface area (TPSA) is 74.7 Å². The fourth-order valence-corrected chi connectivity index (χ4v) is 2.58. The summed E-state index contributed by atoms with van der Waals surface area (Å²) in [6, 6.07) is 12.0. The van der Waals surface area contributed by atoms with Gasteiger partial charge in [0.15, 0.2) is 5.84 Å². The van der Waals surface area contributed by atoms with Crippen molar-refractivity contribution in [2.24, 2.45) is 10.9 Å². The highest BCUT2D eigenvalue weighted by atomic mass is 16.4. The number of benzene rings is 1. The first-order valence-electron chi connectivity index (χ1n) is 6.54. The lowest BCUT2D eigenvalue weighted by Gasteiger charge is -2.30. The van der Waals surface area contributed by atoms with E-state index in [2.05, 4.69) is 33.2 Å². The van der Waals surface area contributed by atoms with Gasteiger partial charge in [-0.05, 0) is 29.7 Å². The average molecular weight is 268 g/mol. The van der Waals surface area contributed by atoms with E-state index in [4.69, 9.17) is 10.9 Å². The van der Waals surface area contributed by atoms with Gasteiger partial charge in [0, 0.05) is 19.3 Å². The Bertz CT molecular complexity index is 654. The molecule has 0 spiro atoms. The third-order valence-corrected chi connectivity index (χ3v) is 3.60. The first kappa shape index (κ1) is 12.5. The van der Waals surface area contributed by atoms with Gasteiger partial charge in [0.25, 0.3) is 0 Å². The van der Waals surface area contributed by atoms with Gasteiger partial charge in [-0.2, -0.15) is 0 Å². The van der Waals surface area contributed by atoms with E-state index in [1.54, 1.807) is 12.3 Å². The minimum Gasteiger partial charge on any atom is -0.409 e. The Morgan fingerprint density at radius 3 is 2.80 bits per heavy atom. The molecule has 0 unspecified atom stereocenters. The Hall–Kier alpha value is -2.56. The van der Waals surface area contributed by atoms with Gasteiger partial charge < -0.3 is 15.8 Å². The molecule has 5 heteroatoms. The maximum atomic E-state index is 8.89. The third kappa shape index (κ3) is 2.18. The summed E-state index contributed by atoms with van der Waals surface area (Å²) in [6.07, 6.45) is 2.70.